The Hall–Kier alpha value is -3.62. The van der Waals surface area contributed by atoms with E-state index in [0.717, 1.165) is 5.56 Å². The molecule has 0 saturated carbocycles. The van der Waals surface area contributed by atoms with Gasteiger partial charge in [-0.05, 0) is 24.1 Å². The molecule has 0 aliphatic heterocycles. The summed E-state index contributed by atoms with van der Waals surface area (Å²) >= 11 is 0. The van der Waals surface area contributed by atoms with Crippen molar-refractivity contribution in [2.24, 2.45) is 0 Å². The number of phenols is 2. The summed E-state index contributed by atoms with van der Waals surface area (Å²) in [6.45, 7) is 1.99. The Kier molecular flexibility index (Phi) is 5.73. The van der Waals surface area contributed by atoms with Crippen LogP contribution in [-0.2, 0) is 18.0 Å². The number of aldehydes is 1. The molecule has 3 aromatic rings. The highest BCUT2D eigenvalue weighted by Crippen LogP contribution is 2.43. The van der Waals surface area contributed by atoms with E-state index >= 15 is 0 Å². The Bertz CT molecular complexity index is 1050. The van der Waals surface area contributed by atoms with Crippen LogP contribution < -0.4 is 0 Å². The first-order chi connectivity index (χ1) is 13.6. The Morgan fingerprint density at radius 3 is 2.36 bits per heavy atom. The molecular weight excluding hydrogens is 354 g/mol. The second-order valence-electron chi connectivity index (χ2n) is 6.34. The maximum Gasteiger partial charge on any atom is 0.168 e. The first-order valence-corrected chi connectivity index (χ1v) is 8.72. The number of carbonyl (C=O) groups is 1. The second-order valence-corrected chi connectivity index (χ2v) is 6.34. The largest absolute Gasteiger partial charge is 0.504 e. The zero-order valence-corrected chi connectivity index (χ0v) is 15.3. The summed E-state index contributed by atoms with van der Waals surface area (Å²) in [4.78, 5) is 11.7. The van der Waals surface area contributed by atoms with Gasteiger partial charge in [0, 0.05) is 16.7 Å². The summed E-state index contributed by atoms with van der Waals surface area (Å²) in [6.07, 6.45) is 0.494. The molecule has 0 saturated heterocycles. The number of nitriles is 1. The summed E-state index contributed by atoms with van der Waals surface area (Å²) in [5.41, 5.74) is 3.22. The number of hydrogen-bond acceptors (Lipinski definition) is 5. The number of hydrogen-bond donors (Lipinski definition) is 2. The highest BCUT2D eigenvalue weighted by Gasteiger charge is 2.23. The molecule has 0 amide bonds. The molecule has 0 heterocycles. The molecule has 28 heavy (non-hydrogen) atoms. The van der Waals surface area contributed by atoms with Crippen molar-refractivity contribution in [2.45, 2.75) is 20.1 Å². The van der Waals surface area contributed by atoms with Gasteiger partial charge in [0.2, 0.25) is 0 Å². The molecule has 140 valence electrons. The van der Waals surface area contributed by atoms with Gasteiger partial charge in [0.25, 0.3) is 0 Å². The first-order valence-electron chi connectivity index (χ1n) is 8.72. The minimum Gasteiger partial charge on any atom is -0.504 e. The third-order valence-corrected chi connectivity index (χ3v) is 4.63. The normalized spacial score (nSPS) is 10.4. The quantitative estimate of drug-likeness (QED) is 0.491. The van der Waals surface area contributed by atoms with E-state index in [1.807, 2.05) is 30.3 Å². The molecule has 0 aliphatic rings. The van der Waals surface area contributed by atoms with Crippen molar-refractivity contribution in [3.05, 3.63) is 82.4 Å². The minimum atomic E-state index is -0.482. The molecule has 0 unspecified atom stereocenters. The van der Waals surface area contributed by atoms with E-state index in [1.165, 1.54) is 0 Å². The summed E-state index contributed by atoms with van der Waals surface area (Å²) in [5, 5.41) is 30.1. The monoisotopic (exact) mass is 373 g/mol. The Morgan fingerprint density at radius 1 is 1.00 bits per heavy atom. The highest BCUT2D eigenvalue weighted by atomic mass is 16.5. The molecule has 3 aromatic carbocycles. The van der Waals surface area contributed by atoms with Crippen LogP contribution >= 0.6 is 0 Å². The molecule has 0 radical (unpaired) electrons. The first kappa shape index (κ1) is 19.2. The number of carbonyl (C=O) groups excluding carboxylic acids is 1. The van der Waals surface area contributed by atoms with Crippen LogP contribution in [0.5, 0.6) is 11.5 Å². The van der Waals surface area contributed by atoms with Crippen molar-refractivity contribution in [1.29, 1.82) is 5.26 Å². The van der Waals surface area contributed by atoms with E-state index in [0.29, 0.717) is 40.7 Å². The molecule has 2 N–H and O–H groups in total. The molecule has 5 nitrogen and oxygen atoms in total. The summed E-state index contributed by atoms with van der Waals surface area (Å²) in [6, 6.07) is 18.6. The molecule has 0 aromatic heterocycles. The standard InChI is InChI=1S/C23H19NO4/c1-15-21(18-10-6-5-9-17(18)11-24)20(19(12-25)23(27)22(15)26)14-28-13-16-7-3-2-4-8-16/h2-10,12,26-27H,13-14H2,1H3. The van der Waals surface area contributed by atoms with Gasteiger partial charge in [-0.3, -0.25) is 4.79 Å². The predicted molar refractivity (Wildman–Crippen MR) is 105 cm³/mol. The van der Waals surface area contributed by atoms with Crippen molar-refractivity contribution < 1.29 is 19.7 Å². The molecule has 3 rings (SSSR count). The smallest absolute Gasteiger partial charge is 0.168 e. The fourth-order valence-corrected chi connectivity index (χ4v) is 3.21. The number of phenolic OH excluding ortho intramolecular Hbond substituents is 2. The zero-order valence-electron chi connectivity index (χ0n) is 15.3. The summed E-state index contributed by atoms with van der Waals surface area (Å²) in [7, 11) is 0. The lowest BCUT2D eigenvalue weighted by atomic mass is 9.88. The van der Waals surface area contributed by atoms with E-state index in [2.05, 4.69) is 6.07 Å². The van der Waals surface area contributed by atoms with E-state index in [9.17, 15) is 20.3 Å². The van der Waals surface area contributed by atoms with Crippen LogP contribution in [0.25, 0.3) is 11.1 Å². The Morgan fingerprint density at radius 2 is 1.68 bits per heavy atom. The van der Waals surface area contributed by atoms with Crippen LogP contribution in [0.1, 0.15) is 32.6 Å². The molecule has 0 spiro atoms. The number of benzene rings is 3. The fraction of sp³-hybridized carbons (Fsp3) is 0.130. The Balaban J connectivity index is 2.11. The van der Waals surface area contributed by atoms with E-state index < -0.39 is 5.75 Å². The summed E-state index contributed by atoms with van der Waals surface area (Å²) in [5.74, 6) is -0.861. The number of ether oxygens (including phenoxy) is 1. The van der Waals surface area contributed by atoms with Crippen molar-refractivity contribution in [2.75, 3.05) is 0 Å². The van der Waals surface area contributed by atoms with Crippen molar-refractivity contribution in [1.82, 2.24) is 0 Å². The lowest BCUT2D eigenvalue weighted by molar-refractivity contribution is 0.103. The third kappa shape index (κ3) is 3.59. The molecule has 0 aliphatic carbocycles. The molecule has 0 bridgehead atoms. The van der Waals surface area contributed by atoms with Gasteiger partial charge in [-0.15, -0.1) is 0 Å². The van der Waals surface area contributed by atoms with Gasteiger partial charge in [0.1, 0.15) is 0 Å². The lowest BCUT2D eigenvalue weighted by Gasteiger charge is -2.19. The third-order valence-electron chi connectivity index (χ3n) is 4.63. The van der Waals surface area contributed by atoms with Gasteiger partial charge in [-0.25, -0.2) is 0 Å². The van der Waals surface area contributed by atoms with Crippen LogP contribution in [-0.4, -0.2) is 16.5 Å². The van der Waals surface area contributed by atoms with Crippen LogP contribution in [0.2, 0.25) is 0 Å². The van der Waals surface area contributed by atoms with Gasteiger partial charge in [0.15, 0.2) is 17.8 Å². The van der Waals surface area contributed by atoms with Crippen LogP contribution in [0, 0.1) is 18.3 Å². The van der Waals surface area contributed by atoms with Crippen molar-refractivity contribution >= 4 is 6.29 Å². The van der Waals surface area contributed by atoms with Crippen LogP contribution in [0.4, 0.5) is 0 Å². The van der Waals surface area contributed by atoms with E-state index in [4.69, 9.17) is 4.74 Å². The molecule has 0 fully saturated rings. The van der Waals surface area contributed by atoms with Gasteiger partial charge in [-0.2, -0.15) is 5.26 Å². The van der Waals surface area contributed by atoms with Crippen molar-refractivity contribution in [3.8, 4) is 28.7 Å². The molecule has 5 heteroatoms. The zero-order chi connectivity index (χ0) is 20.1. The topological polar surface area (TPSA) is 90.6 Å². The predicted octanol–water partition coefficient (Wildman–Crippen LogP) is 4.47. The Labute approximate surface area is 163 Å². The average Bonchev–Trinajstić information content (AvgIpc) is 2.73. The molecule has 0 atom stereocenters. The number of aromatic hydroxyl groups is 2. The number of rotatable bonds is 6. The number of nitrogens with zero attached hydrogens (tertiary/aromatic N) is 1. The van der Waals surface area contributed by atoms with Gasteiger partial charge in [0.05, 0.1) is 30.4 Å². The second kappa shape index (κ2) is 8.38. The lowest BCUT2D eigenvalue weighted by Crippen LogP contribution is -2.04. The maximum absolute atomic E-state index is 11.7. The van der Waals surface area contributed by atoms with Crippen molar-refractivity contribution in [3.63, 3.8) is 0 Å². The van der Waals surface area contributed by atoms with Gasteiger partial charge in [-0.1, -0.05) is 48.5 Å². The highest BCUT2D eigenvalue weighted by molar-refractivity contribution is 5.91. The summed E-state index contributed by atoms with van der Waals surface area (Å²) < 4.78 is 5.80. The SMILES string of the molecule is Cc1c(O)c(O)c(C=O)c(COCc2ccccc2)c1-c1ccccc1C#N. The van der Waals surface area contributed by atoms with Gasteiger partial charge >= 0.3 is 0 Å². The van der Waals surface area contributed by atoms with E-state index in [1.54, 1.807) is 31.2 Å². The van der Waals surface area contributed by atoms with Crippen LogP contribution in [0.3, 0.4) is 0 Å². The fourth-order valence-electron chi connectivity index (χ4n) is 3.21. The van der Waals surface area contributed by atoms with Gasteiger partial charge < -0.3 is 14.9 Å². The maximum atomic E-state index is 11.7. The van der Waals surface area contributed by atoms with E-state index in [-0.39, 0.29) is 17.9 Å². The minimum absolute atomic E-state index is 0.0345. The molecular formula is C23H19NO4. The van der Waals surface area contributed by atoms with Crippen LogP contribution in [0.15, 0.2) is 54.6 Å². The average molecular weight is 373 g/mol.